The highest BCUT2D eigenvalue weighted by atomic mass is 16.3. The first-order chi connectivity index (χ1) is 8.59. The standard InChI is InChI=1S/C14H12N2O2/c1-7-8(2)16-12-11(15-7)13(17)9-5-3-4-6-10(9)14(12)18/h3-6,17-18H,1-2H3. The van der Waals surface area contributed by atoms with Crippen molar-refractivity contribution < 1.29 is 10.2 Å². The molecule has 3 aromatic rings. The zero-order chi connectivity index (χ0) is 12.9. The van der Waals surface area contributed by atoms with Crippen molar-refractivity contribution in [2.45, 2.75) is 13.8 Å². The van der Waals surface area contributed by atoms with Crippen molar-refractivity contribution in [3.8, 4) is 11.5 Å². The second kappa shape index (κ2) is 3.57. The highest BCUT2D eigenvalue weighted by molar-refractivity contribution is 6.07. The molecule has 0 aliphatic carbocycles. The molecule has 90 valence electrons. The topological polar surface area (TPSA) is 66.2 Å². The maximum atomic E-state index is 10.2. The summed E-state index contributed by atoms with van der Waals surface area (Å²) in [5.74, 6) is 0.128. The van der Waals surface area contributed by atoms with Crippen LogP contribution >= 0.6 is 0 Å². The fourth-order valence-electron chi connectivity index (χ4n) is 2.08. The van der Waals surface area contributed by atoms with E-state index in [4.69, 9.17) is 0 Å². The smallest absolute Gasteiger partial charge is 0.151 e. The largest absolute Gasteiger partial charge is 0.505 e. The molecule has 0 spiro atoms. The normalized spacial score (nSPS) is 11.2. The van der Waals surface area contributed by atoms with Crippen LogP contribution in [0, 0.1) is 13.8 Å². The highest BCUT2D eigenvalue weighted by Gasteiger charge is 2.15. The maximum absolute atomic E-state index is 10.2. The molecule has 2 N–H and O–H groups in total. The number of hydrogen-bond donors (Lipinski definition) is 2. The fraction of sp³-hybridized carbons (Fsp3) is 0.143. The van der Waals surface area contributed by atoms with Gasteiger partial charge in [-0.1, -0.05) is 24.3 Å². The van der Waals surface area contributed by atoms with E-state index in [1.54, 1.807) is 12.1 Å². The van der Waals surface area contributed by atoms with Crippen molar-refractivity contribution in [1.29, 1.82) is 0 Å². The summed E-state index contributed by atoms with van der Waals surface area (Å²) >= 11 is 0. The number of aryl methyl sites for hydroxylation is 2. The van der Waals surface area contributed by atoms with Crippen LogP contribution in [0.1, 0.15) is 11.4 Å². The van der Waals surface area contributed by atoms with E-state index >= 15 is 0 Å². The third-order valence-corrected chi connectivity index (χ3v) is 3.19. The third kappa shape index (κ3) is 1.32. The van der Waals surface area contributed by atoms with Gasteiger partial charge in [-0.05, 0) is 13.8 Å². The lowest BCUT2D eigenvalue weighted by atomic mass is 10.1. The second-order valence-electron chi connectivity index (χ2n) is 4.33. The predicted molar refractivity (Wildman–Crippen MR) is 69.8 cm³/mol. The molecule has 0 bridgehead atoms. The summed E-state index contributed by atoms with van der Waals surface area (Å²) < 4.78 is 0. The molecular weight excluding hydrogens is 228 g/mol. The summed E-state index contributed by atoms with van der Waals surface area (Å²) in [6, 6.07) is 7.12. The maximum Gasteiger partial charge on any atom is 0.151 e. The van der Waals surface area contributed by atoms with Crippen LogP contribution in [0.25, 0.3) is 21.8 Å². The lowest BCUT2D eigenvalue weighted by Crippen LogP contribution is -1.94. The van der Waals surface area contributed by atoms with Gasteiger partial charge in [-0.3, -0.25) is 0 Å². The van der Waals surface area contributed by atoms with Gasteiger partial charge in [0.05, 0.1) is 11.4 Å². The van der Waals surface area contributed by atoms with Gasteiger partial charge in [-0.2, -0.15) is 0 Å². The van der Waals surface area contributed by atoms with Crippen LogP contribution in [0.5, 0.6) is 11.5 Å². The van der Waals surface area contributed by atoms with Gasteiger partial charge in [0, 0.05) is 10.8 Å². The summed E-state index contributed by atoms with van der Waals surface area (Å²) in [6.07, 6.45) is 0. The first kappa shape index (κ1) is 10.8. The van der Waals surface area contributed by atoms with Crippen LogP contribution in [-0.4, -0.2) is 20.2 Å². The van der Waals surface area contributed by atoms with E-state index in [1.807, 2.05) is 26.0 Å². The van der Waals surface area contributed by atoms with Crippen LogP contribution in [0.4, 0.5) is 0 Å². The average Bonchev–Trinajstić information content (AvgIpc) is 2.38. The molecule has 0 atom stereocenters. The minimum absolute atomic E-state index is 0.0639. The molecule has 0 saturated heterocycles. The number of aromatic nitrogens is 2. The van der Waals surface area contributed by atoms with E-state index in [0.29, 0.717) is 21.8 Å². The van der Waals surface area contributed by atoms with Gasteiger partial charge in [0.25, 0.3) is 0 Å². The summed E-state index contributed by atoms with van der Waals surface area (Å²) in [4.78, 5) is 8.63. The lowest BCUT2D eigenvalue weighted by molar-refractivity contribution is 0.476. The Labute approximate surface area is 104 Å². The molecule has 0 aliphatic rings. The Kier molecular flexibility index (Phi) is 2.13. The van der Waals surface area contributed by atoms with Gasteiger partial charge >= 0.3 is 0 Å². The van der Waals surface area contributed by atoms with Crippen LogP contribution in [0.3, 0.4) is 0 Å². The Balaban J connectivity index is 2.62. The molecule has 0 amide bonds. The summed E-state index contributed by atoms with van der Waals surface area (Å²) in [6.45, 7) is 3.65. The van der Waals surface area contributed by atoms with Crippen LogP contribution in [-0.2, 0) is 0 Å². The zero-order valence-corrected chi connectivity index (χ0v) is 10.1. The molecule has 0 saturated carbocycles. The van der Waals surface area contributed by atoms with Crippen LogP contribution in [0.15, 0.2) is 24.3 Å². The van der Waals surface area contributed by atoms with Gasteiger partial charge in [-0.15, -0.1) is 0 Å². The molecule has 0 fully saturated rings. The van der Waals surface area contributed by atoms with Crippen molar-refractivity contribution >= 4 is 21.8 Å². The van der Waals surface area contributed by atoms with Crippen LogP contribution < -0.4 is 0 Å². The number of hydrogen-bond acceptors (Lipinski definition) is 4. The lowest BCUT2D eigenvalue weighted by Gasteiger charge is -2.09. The van der Waals surface area contributed by atoms with Gasteiger partial charge in [0.15, 0.2) is 11.5 Å². The van der Waals surface area contributed by atoms with Gasteiger partial charge < -0.3 is 10.2 Å². The molecule has 0 radical (unpaired) electrons. The molecule has 3 rings (SSSR count). The van der Waals surface area contributed by atoms with Gasteiger partial charge in [0.2, 0.25) is 0 Å². The van der Waals surface area contributed by atoms with Crippen molar-refractivity contribution in [2.75, 3.05) is 0 Å². The Bertz CT molecular complexity index is 716. The minimum atomic E-state index is 0.0639. The van der Waals surface area contributed by atoms with E-state index in [-0.39, 0.29) is 11.5 Å². The van der Waals surface area contributed by atoms with E-state index in [9.17, 15) is 10.2 Å². The Morgan fingerprint density at radius 3 is 1.56 bits per heavy atom. The van der Waals surface area contributed by atoms with Crippen molar-refractivity contribution in [3.63, 3.8) is 0 Å². The predicted octanol–water partition coefficient (Wildman–Crippen LogP) is 2.81. The Hall–Kier alpha value is -2.36. The number of phenols is 2. The number of fused-ring (bicyclic) bond motifs is 2. The van der Waals surface area contributed by atoms with Gasteiger partial charge in [0.1, 0.15) is 11.0 Å². The number of aromatic hydroxyl groups is 2. The first-order valence-corrected chi connectivity index (χ1v) is 5.67. The number of benzene rings is 2. The third-order valence-electron chi connectivity index (χ3n) is 3.19. The molecule has 1 heterocycles. The Morgan fingerprint density at radius 2 is 1.17 bits per heavy atom. The molecule has 1 aromatic heterocycles. The summed E-state index contributed by atoms with van der Waals surface area (Å²) in [5, 5.41) is 21.6. The van der Waals surface area contributed by atoms with E-state index in [1.165, 1.54) is 0 Å². The number of phenolic OH excluding ortho intramolecular Hbond substituents is 2. The van der Waals surface area contributed by atoms with Crippen molar-refractivity contribution in [3.05, 3.63) is 35.7 Å². The quantitative estimate of drug-likeness (QED) is 0.468. The molecule has 2 aromatic carbocycles. The molecular formula is C14H12N2O2. The fourth-order valence-corrected chi connectivity index (χ4v) is 2.08. The molecule has 0 aliphatic heterocycles. The number of rotatable bonds is 0. The molecule has 4 heteroatoms. The first-order valence-electron chi connectivity index (χ1n) is 5.67. The average molecular weight is 240 g/mol. The van der Waals surface area contributed by atoms with E-state index < -0.39 is 0 Å². The Morgan fingerprint density at radius 1 is 0.778 bits per heavy atom. The summed E-state index contributed by atoms with van der Waals surface area (Å²) in [5.41, 5.74) is 2.17. The molecule has 18 heavy (non-hydrogen) atoms. The molecule has 0 unspecified atom stereocenters. The molecule has 4 nitrogen and oxygen atoms in total. The zero-order valence-electron chi connectivity index (χ0n) is 10.1. The van der Waals surface area contributed by atoms with Crippen molar-refractivity contribution in [1.82, 2.24) is 9.97 Å². The second-order valence-corrected chi connectivity index (χ2v) is 4.33. The minimum Gasteiger partial charge on any atom is -0.505 e. The van der Waals surface area contributed by atoms with E-state index in [2.05, 4.69) is 9.97 Å². The van der Waals surface area contributed by atoms with Crippen LogP contribution in [0.2, 0.25) is 0 Å². The monoisotopic (exact) mass is 240 g/mol. The number of nitrogens with zero attached hydrogens (tertiary/aromatic N) is 2. The van der Waals surface area contributed by atoms with Gasteiger partial charge in [-0.25, -0.2) is 9.97 Å². The highest BCUT2D eigenvalue weighted by Crippen LogP contribution is 2.39. The van der Waals surface area contributed by atoms with Crippen molar-refractivity contribution in [2.24, 2.45) is 0 Å². The summed E-state index contributed by atoms with van der Waals surface area (Å²) in [7, 11) is 0. The SMILES string of the molecule is Cc1nc2c(O)c3ccccc3c(O)c2nc1C. The van der Waals surface area contributed by atoms with E-state index in [0.717, 1.165) is 11.4 Å².